The summed E-state index contributed by atoms with van der Waals surface area (Å²) < 4.78 is 0. The number of nitrogens with one attached hydrogen (secondary N) is 1. The third kappa shape index (κ3) is 2.95. The minimum Gasteiger partial charge on any atom is -0.397 e. The average Bonchev–Trinajstić information content (AvgIpc) is 2.21. The summed E-state index contributed by atoms with van der Waals surface area (Å²) >= 11 is 5.76. The Morgan fingerprint density at radius 3 is 3.07 bits per heavy atom. The number of carbonyl (C=O) groups excluding carboxylic acids is 1. The van der Waals surface area contributed by atoms with E-state index in [1.54, 1.807) is 13.0 Å². The lowest BCUT2D eigenvalue weighted by atomic mass is 10.2. The summed E-state index contributed by atoms with van der Waals surface area (Å²) in [6.45, 7) is 5.36. The molecule has 0 aliphatic heterocycles. The fourth-order valence-electron chi connectivity index (χ4n) is 0.967. The zero-order valence-corrected chi connectivity index (χ0v) is 9.08. The van der Waals surface area contributed by atoms with Crippen molar-refractivity contribution >= 4 is 23.2 Å². The van der Waals surface area contributed by atoms with Crippen LogP contribution < -0.4 is 11.1 Å². The van der Waals surface area contributed by atoms with Crippen LogP contribution in [0.4, 0.5) is 5.69 Å². The minimum absolute atomic E-state index is 0.130. The molecule has 15 heavy (non-hydrogen) atoms. The molecule has 0 radical (unpaired) electrons. The molecule has 0 aliphatic rings. The number of rotatable bonds is 3. The Labute approximate surface area is 93.1 Å². The Hall–Kier alpha value is -1.55. The van der Waals surface area contributed by atoms with Gasteiger partial charge in [0.15, 0.2) is 0 Å². The van der Waals surface area contributed by atoms with E-state index in [2.05, 4.69) is 16.9 Å². The van der Waals surface area contributed by atoms with E-state index in [0.717, 1.165) is 0 Å². The number of nitrogens with zero attached hydrogens (tertiary/aromatic N) is 1. The van der Waals surface area contributed by atoms with Crippen LogP contribution >= 0.6 is 11.6 Å². The summed E-state index contributed by atoms with van der Waals surface area (Å²) in [7, 11) is 0. The number of amides is 1. The summed E-state index contributed by atoms with van der Waals surface area (Å²) in [4.78, 5) is 15.4. The molecular formula is C10H12ClN3O. The van der Waals surface area contributed by atoms with E-state index in [1.165, 1.54) is 12.3 Å². The number of anilines is 1. The van der Waals surface area contributed by atoms with Crippen molar-refractivity contribution in [2.45, 2.75) is 13.0 Å². The van der Waals surface area contributed by atoms with Gasteiger partial charge in [0.05, 0.1) is 17.4 Å². The topological polar surface area (TPSA) is 68.0 Å². The lowest BCUT2D eigenvalue weighted by molar-refractivity contribution is 0.0947. The van der Waals surface area contributed by atoms with Crippen molar-refractivity contribution in [2.24, 2.45) is 0 Å². The molecule has 0 spiro atoms. The number of nitrogens with two attached hydrogens (primary N) is 1. The monoisotopic (exact) mass is 225 g/mol. The first-order valence-corrected chi connectivity index (χ1v) is 4.77. The smallest absolute Gasteiger partial charge is 0.254 e. The largest absolute Gasteiger partial charge is 0.397 e. The molecule has 4 nitrogen and oxygen atoms in total. The van der Waals surface area contributed by atoms with E-state index >= 15 is 0 Å². The van der Waals surface area contributed by atoms with Crippen LogP contribution in [0.2, 0.25) is 5.15 Å². The van der Waals surface area contributed by atoms with Gasteiger partial charge in [-0.1, -0.05) is 17.7 Å². The highest BCUT2D eigenvalue weighted by molar-refractivity contribution is 6.32. The summed E-state index contributed by atoms with van der Waals surface area (Å²) in [6, 6.07) is 1.36. The first kappa shape index (κ1) is 11.5. The van der Waals surface area contributed by atoms with Crippen LogP contribution in [-0.4, -0.2) is 16.9 Å². The van der Waals surface area contributed by atoms with E-state index in [1.807, 2.05) is 0 Å². The minimum atomic E-state index is -0.313. The molecule has 5 heteroatoms. The SMILES string of the molecule is C=CC(C)NC(=O)c1cc(N)cnc1Cl. The quantitative estimate of drug-likeness (QED) is 0.607. The van der Waals surface area contributed by atoms with Crippen LogP contribution in [0.25, 0.3) is 0 Å². The summed E-state index contributed by atoms with van der Waals surface area (Å²) in [5, 5.41) is 2.81. The predicted molar refractivity (Wildman–Crippen MR) is 60.8 cm³/mol. The Morgan fingerprint density at radius 2 is 2.47 bits per heavy atom. The highest BCUT2D eigenvalue weighted by Crippen LogP contribution is 2.15. The van der Waals surface area contributed by atoms with Crippen molar-refractivity contribution in [3.05, 3.63) is 35.6 Å². The number of aromatic nitrogens is 1. The maximum atomic E-state index is 11.6. The van der Waals surface area contributed by atoms with Gasteiger partial charge in [-0.25, -0.2) is 4.98 Å². The molecule has 80 valence electrons. The van der Waals surface area contributed by atoms with Crippen molar-refractivity contribution < 1.29 is 4.79 Å². The molecule has 0 aliphatic carbocycles. The van der Waals surface area contributed by atoms with Crippen molar-refractivity contribution in [1.82, 2.24) is 10.3 Å². The second-order valence-electron chi connectivity index (χ2n) is 3.10. The Kier molecular flexibility index (Phi) is 3.68. The first-order chi connectivity index (χ1) is 7.04. The molecule has 0 fully saturated rings. The van der Waals surface area contributed by atoms with Crippen molar-refractivity contribution in [1.29, 1.82) is 0 Å². The molecule has 0 saturated heterocycles. The molecular weight excluding hydrogens is 214 g/mol. The highest BCUT2D eigenvalue weighted by Gasteiger charge is 2.12. The van der Waals surface area contributed by atoms with E-state index in [-0.39, 0.29) is 22.7 Å². The maximum Gasteiger partial charge on any atom is 0.254 e. The van der Waals surface area contributed by atoms with Gasteiger partial charge >= 0.3 is 0 Å². The van der Waals surface area contributed by atoms with Gasteiger partial charge in [-0.05, 0) is 13.0 Å². The number of carbonyl (C=O) groups is 1. The second kappa shape index (κ2) is 4.79. The summed E-state index contributed by atoms with van der Waals surface area (Å²) in [6.07, 6.45) is 3.02. The lowest BCUT2D eigenvalue weighted by Gasteiger charge is -2.10. The first-order valence-electron chi connectivity index (χ1n) is 4.39. The van der Waals surface area contributed by atoms with Gasteiger partial charge in [0.2, 0.25) is 0 Å². The number of hydrogen-bond acceptors (Lipinski definition) is 3. The molecule has 1 aromatic heterocycles. The normalized spacial score (nSPS) is 11.9. The fourth-order valence-corrected chi connectivity index (χ4v) is 1.16. The molecule has 1 unspecified atom stereocenters. The molecule has 1 heterocycles. The molecule has 0 saturated carbocycles. The Morgan fingerprint density at radius 1 is 1.80 bits per heavy atom. The average molecular weight is 226 g/mol. The molecule has 1 atom stereocenters. The zero-order valence-electron chi connectivity index (χ0n) is 8.33. The molecule has 1 rings (SSSR count). The number of halogens is 1. The van der Waals surface area contributed by atoms with Crippen LogP contribution in [0.3, 0.4) is 0 Å². The van der Waals surface area contributed by atoms with Crippen LogP contribution in [0.15, 0.2) is 24.9 Å². The van der Waals surface area contributed by atoms with Crippen molar-refractivity contribution in [3.8, 4) is 0 Å². The van der Waals surface area contributed by atoms with Gasteiger partial charge in [-0.3, -0.25) is 4.79 Å². The second-order valence-corrected chi connectivity index (χ2v) is 3.46. The highest BCUT2D eigenvalue weighted by atomic mass is 35.5. The predicted octanol–water partition coefficient (Wildman–Crippen LogP) is 1.62. The van der Waals surface area contributed by atoms with Crippen molar-refractivity contribution in [3.63, 3.8) is 0 Å². The third-order valence-electron chi connectivity index (χ3n) is 1.82. The summed E-state index contributed by atoms with van der Waals surface area (Å²) in [5.41, 5.74) is 6.18. The standard InChI is InChI=1S/C10H12ClN3O/c1-3-6(2)14-10(15)8-4-7(12)5-13-9(8)11/h3-6H,1,12H2,2H3,(H,14,15). The van der Waals surface area contributed by atoms with E-state index in [4.69, 9.17) is 17.3 Å². The fraction of sp³-hybridized carbons (Fsp3) is 0.200. The molecule has 0 aromatic carbocycles. The lowest BCUT2D eigenvalue weighted by Crippen LogP contribution is -2.31. The molecule has 1 amide bonds. The molecule has 0 bridgehead atoms. The Bertz CT molecular complexity index is 392. The van der Waals surface area contributed by atoms with Gasteiger partial charge in [0.25, 0.3) is 5.91 Å². The number of hydrogen-bond donors (Lipinski definition) is 2. The number of nitrogen functional groups attached to an aromatic ring is 1. The van der Waals surface area contributed by atoms with E-state index < -0.39 is 0 Å². The van der Waals surface area contributed by atoms with Gasteiger partial charge in [-0.2, -0.15) is 0 Å². The third-order valence-corrected chi connectivity index (χ3v) is 2.12. The van der Waals surface area contributed by atoms with Gasteiger partial charge in [0.1, 0.15) is 5.15 Å². The Balaban J connectivity index is 2.90. The van der Waals surface area contributed by atoms with Gasteiger partial charge in [-0.15, -0.1) is 6.58 Å². The van der Waals surface area contributed by atoms with Crippen LogP contribution in [0.1, 0.15) is 17.3 Å². The van der Waals surface area contributed by atoms with Crippen LogP contribution in [0, 0.1) is 0 Å². The van der Waals surface area contributed by atoms with Gasteiger partial charge < -0.3 is 11.1 Å². The maximum absolute atomic E-state index is 11.6. The van der Waals surface area contributed by atoms with Crippen LogP contribution in [-0.2, 0) is 0 Å². The molecule has 3 N–H and O–H groups in total. The van der Waals surface area contributed by atoms with E-state index in [9.17, 15) is 4.79 Å². The van der Waals surface area contributed by atoms with Crippen molar-refractivity contribution in [2.75, 3.05) is 5.73 Å². The zero-order chi connectivity index (χ0) is 11.4. The van der Waals surface area contributed by atoms with E-state index in [0.29, 0.717) is 5.69 Å². The summed E-state index contributed by atoms with van der Waals surface area (Å²) in [5.74, 6) is -0.313. The van der Waals surface area contributed by atoms with Crippen LogP contribution in [0.5, 0.6) is 0 Å². The molecule has 1 aromatic rings. The van der Waals surface area contributed by atoms with Gasteiger partial charge in [0, 0.05) is 6.04 Å². The number of pyridine rings is 1.